The molecular formula is C20H22N2O7S. The first kappa shape index (κ1) is 23.0. The van der Waals surface area contributed by atoms with Gasteiger partial charge in [-0.25, -0.2) is 17.9 Å². The maximum absolute atomic E-state index is 12.6. The van der Waals surface area contributed by atoms with E-state index in [-0.39, 0.29) is 23.6 Å². The summed E-state index contributed by atoms with van der Waals surface area (Å²) >= 11 is 0. The van der Waals surface area contributed by atoms with Crippen LogP contribution in [0.3, 0.4) is 0 Å². The second-order valence-corrected chi connectivity index (χ2v) is 7.82. The van der Waals surface area contributed by atoms with Crippen LogP contribution in [0.4, 0.5) is 5.69 Å². The maximum atomic E-state index is 12.6. The molecule has 2 aromatic rings. The van der Waals surface area contributed by atoms with E-state index in [9.17, 15) is 22.8 Å². The summed E-state index contributed by atoms with van der Waals surface area (Å²) in [6.07, 6.45) is 0. The standard InChI is InChI=1S/C20H22N2O7S/c1-3-28-19(24)13-22(16-7-5-4-6-8-16)18(23)14-29-20(25)15-9-11-17(12-10-15)30(26,27)21-2/h4-12,21H,3,13-14H2,1-2H3. The van der Waals surface area contributed by atoms with Crippen LogP contribution in [0.2, 0.25) is 0 Å². The van der Waals surface area contributed by atoms with Gasteiger partial charge in [0, 0.05) is 5.69 Å². The minimum Gasteiger partial charge on any atom is -0.465 e. The Bertz CT molecular complexity index is 990. The SMILES string of the molecule is CCOC(=O)CN(C(=O)COC(=O)c1ccc(S(=O)(=O)NC)cc1)c1ccccc1. The molecular weight excluding hydrogens is 412 g/mol. The Morgan fingerprint density at radius 2 is 1.60 bits per heavy atom. The molecule has 0 atom stereocenters. The molecule has 160 valence electrons. The predicted molar refractivity (Wildman–Crippen MR) is 108 cm³/mol. The van der Waals surface area contributed by atoms with Gasteiger partial charge in [-0.1, -0.05) is 18.2 Å². The van der Waals surface area contributed by atoms with E-state index in [0.717, 1.165) is 4.90 Å². The van der Waals surface area contributed by atoms with Crippen LogP contribution in [0, 0.1) is 0 Å². The van der Waals surface area contributed by atoms with Gasteiger partial charge in [-0.3, -0.25) is 14.5 Å². The number of carbonyl (C=O) groups excluding carboxylic acids is 3. The van der Waals surface area contributed by atoms with Crippen molar-refractivity contribution < 1.29 is 32.3 Å². The van der Waals surface area contributed by atoms with Gasteiger partial charge in [0.1, 0.15) is 6.54 Å². The number of benzene rings is 2. The smallest absolute Gasteiger partial charge is 0.338 e. The first-order valence-electron chi connectivity index (χ1n) is 9.00. The molecule has 0 bridgehead atoms. The fourth-order valence-electron chi connectivity index (χ4n) is 2.44. The van der Waals surface area contributed by atoms with E-state index < -0.39 is 34.5 Å². The molecule has 0 spiro atoms. The Labute approximate surface area is 174 Å². The molecule has 0 fully saturated rings. The number of amides is 1. The average molecular weight is 434 g/mol. The molecule has 9 nitrogen and oxygen atoms in total. The molecule has 0 heterocycles. The van der Waals surface area contributed by atoms with E-state index in [2.05, 4.69) is 4.72 Å². The molecule has 0 saturated heterocycles. The lowest BCUT2D eigenvalue weighted by molar-refractivity contribution is -0.142. The lowest BCUT2D eigenvalue weighted by Gasteiger charge is -2.21. The van der Waals surface area contributed by atoms with Crippen LogP contribution in [0.1, 0.15) is 17.3 Å². The van der Waals surface area contributed by atoms with Gasteiger partial charge in [0.2, 0.25) is 10.0 Å². The van der Waals surface area contributed by atoms with Crippen LogP contribution in [0.5, 0.6) is 0 Å². The zero-order valence-corrected chi connectivity index (χ0v) is 17.3. The van der Waals surface area contributed by atoms with E-state index >= 15 is 0 Å². The summed E-state index contributed by atoms with van der Waals surface area (Å²) in [5.41, 5.74) is 0.530. The monoisotopic (exact) mass is 434 g/mol. The molecule has 2 rings (SSSR count). The minimum atomic E-state index is -3.63. The number of ether oxygens (including phenoxy) is 2. The van der Waals surface area contributed by atoms with Gasteiger partial charge in [0.25, 0.3) is 5.91 Å². The van der Waals surface area contributed by atoms with E-state index in [0.29, 0.717) is 5.69 Å². The zero-order valence-electron chi connectivity index (χ0n) is 16.5. The van der Waals surface area contributed by atoms with Crippen LogP contribution in [-0.2, 0) is 29.1 Å². The third-order valence-electron chi connectivity index (χ3n) is 3.96. The molecule has 0 aliphatic heterocycles. The van der Waals surface area contributed by atoms with Gasteiger partial charge in [0.15, 0.2) is 6.61 Å². The Balaban J connectivity index is 2.07. The molecule has 10 heteroatoms. The number of nitrogens with zero attached hydrogens (tertiary/aromatic N) is 1. The fraction of sp³-hybridized carbons (Fsp3) is 0.250. The highest BCUT2D eigenvalue weighted by molar-refractivity contribution is 7.89. The van der Waals surface area contributed by atoms with Crippen LogP contribution in [-0.4, -0.2) is 53.1 Å². The number of sulfonamides is 1. The van der Waals surface area contributed by atoms with Crippen molar-refractivity contribution in [1.29, 1.82) is 0 Å². The highest BCUT2D eigenvalue weighted by Gasteiger charge is 2.22. The number of anilines is 1. The summed E-state index contributed by atoms with van der Waals surface area (Å²) in [5, 5.41) is 0. The number of hydrogen-bond donors (Lipinski definition) is 1. The fourth-order valence-corrected chi connectivity index (χ4v) is 3.17. The summed E-state index contributed by atoms with van der Waals surface area (Å²) in [6.45, 7) is 0.889. The molecule has 0 unspecified atom stereocenters. The summed E-state index contributed by atoms with van der Waals surface area (Å²) in [7, 11) is -2.36. The van der Waals surface area contributed by atoms with Crippen LogP contribution in [0.25, 0.3) is 0 Å². The summed E-state index contributed by atoms with van der Waals surface area (Å²) in [5.74, 6) is -2.01. The molecule has 0 aliphatic carbocycles. The first-order chi connectivity index (χ1) is 14.3. The Morgan fingerprint density at radius 3 is 2.17 bits per heavy atom. The largest absolute Gasteiger partial charge is 0.465 e. The van der Waals surface area contributed by atoms with E-state index in [1.807, 2.05) is 0 Å². The number of para-hydroxylation sites is 1. The molecule has 1 amide bonds. The van der Waals surface area contributed by atoms with Crippen molar-refractivity contribution in [2.75, 3.05) is 31.7 Å². The zero-order chi connectivity index (χ0) is 22.1. The number of hydrogen-bond acceptors (Lipinski definition) is 7. The van der Waals surface area contributed by atoms with E-state index in [1.165, 1.54) is 31.3 Å². The Kier molecular flexibility index (Phi) is 8.07. The van der Waals surface area contributed by atoms with Gasteiger partial charge in [-0.15, -0.1) is 0 Å². The number of rotatable bonds is 9. The Hall–Kier alpha value is -3.24. The first-order valence-corrected chi connectivity index (χ1v) is 10.5. The molecule has 0 radical (unpaired) electrons. The van der Waals surface area contributed by atoms with Gasteiger partial charge >= 0.3 is 11.9 Å². The minimum absolute atomic E-state index is 0.0117. The number of carbonyl (C=O) groups is 3. The lowest BCUT2D eigenvalue weighted by Crippen LogP contribution is -2.39. The van der Waals surface area contributed by atoms with Crippen molar-refractivity contribution in [3.8, 4) is 0 Å². The third-order valence-corrected chi connectivity index (χ3v) is 5.39. The normalized spacial score (nSPS) is 10.9. The Morgan fingerprint density at radius 1 is 0.967 bits per heavy atom. The van der Waals surface area contributed by atoms with Gasteiger partial charge < -0.3 is 9.47 Å². The average Bonchev–Trinajstić information content (AvgIpc) is 2.76. The summed E-state index contributed by atoms with van der Waals surface area (Å²) in [6, 6.07) is 13.5. The van der Waals surface area contributed by atoms with Crippen LogP contribution in [0.15, 0.2) is 59.5 Å². The molecule has 2 aromatic carbocycles. The van der Waals surface area contributed by atoms with Gasteiger partial charge in [0.05, 0.1) is 17.1 Å². The number of esters is 2. The lowest BCUT2D eigenvalue weighted by atomic mass is 10.2. The van der Waals surface area contributed by atoms with Crippen molar-refractivity contribution >= 4 is 33.6 Å². The molecule has 0 aliphatic rings. The number of nitrogens with one attached hydrogen (secondary N) is 1. The third kappa shape index (κ3) is 6.13. The van der Waals surface area contributed by atoms with Crippen molar-refractivity contribution in [2.45, 2.75) is 11.8 Å². The van der Waals surface area contributed by atoms with Crippen LogP contribution >= 0.6 is 0 Å². The van der Waals surface area contributed by atoms with Crippen LogP contribution < -0.4 is 9.62 Å². The van der Waals surface area contributed by atoms with Gasteiger partial charge in [-0.05, 0) is 50.4 Å². The highest BCUT2D eigenvalue weighted by atomic mass is 32.2. The topological polar surface area (TPSA) is 119 Å². The summed E-state index contributed by atoms with van der Waals surface area (Å²) in [4.78, 5) is 37.8. The van der Waals surface area contributed by atoms with Gasteiger partial charge in [-0.2, -0.15) is 0 Å². The molecule has 30 heavy (non-hydrogen) atoms. The summed E-state index contributed by atoms with van der Waals surface area (Å²) < 4.78 is 35.5. The van der Waals surface area contributed by atoms with E-state index in [1.54, 1.807) is 37.3 Å². The molecule has 1 N–H and O–H groups in total. The molecule has 0 saturated carbocycles. The second-order valence-electron chi connectivity index (χ2n) is 5.93. The van der Waals surface area contributed by atoms with Crippen molar-refractivity contribution in [2.24, 2.45) is 0 Å². The predicted octanol–water partition coefficient (Wildman–Crippen LogP) is 1.35. The highest BCUT2D eigenvalue weighted by Crippen LogP contribution is 2.15. The van der Waals surface area contributed by atoms with Crippen molar-refractivity contribution in [1.82, 2.24) is 4.72 Å². The maximum Gasteiger partial charge on any atom is 0.338 e. The van der Waals surface area contributed by atoms with E-state index in [4.69, 9.17) is 9.47 Å². The quantitative estimate of drug-likeness (QED) is 0.592. The molecule has 0 aromatic heterocycles. The second kappa shape index (κ2) is 10.5. The van der Waals surface area contributed by atoms with Crippen molar-refractivity contribution in [3.05, 3.63) is 60.2 Å². The van der Waals surface area contributed by atoms with Crippen molar-refractivity contribution in [3.63, 3.8) is 0 Å².